The van der Waals surface area contributed by atoms with Gasteiger partial charge in [0.15, 0.2) is 0 Å². The minimum atomic E-state index is -0.379. The summed E-state index contributed by atoms with van der Waals surface area (Å²) >= 11 is 6.19. The first kappa shape index (κ1) is 13.9. The second kappa shape index (κ2) is 5.75. The Bertz CT molecular complexity index is 702. The monoisotopic (exact) mass is 300 g/mol. The van der Waals surface area contributed by atoms with Crippen LogP contribution in [0.15, 0.2) is 42.5 Å². The van der Waals surface area contributed by atoms with E-state index in [1.807, 2.05) is 30.3 Å². The average molecular weight is 301 g/mol. The van der Waals surface area contributed by atoms with Crippen molar-refractivity contribution < 1.29 is 4.39 Å². The van der Waals surface area contributed by atoms with Gasteiger partial charge in [0.1, 0.15) is 5.82 Å². The molecule has 106 valence electrons. The summed E-state index contributed by atoms with van der Waals surface area (Å²) in [4.78, 5) is 0. The van der Waals surface area contributed by atoms with Gasteiger partial charge < -0.3 is 5.32 Å². The van der Waals surface area contributed by atoms with E-state index in [9.17, 15) is 4.39 Å². The topological polar surface area (TPSA) is 35.8 Å². The van der Waals surface area contributed by atoms with Crippen LogP contribution in [0.25, 0.3) is 0 Å². The highest BCUT2D eigenvalue weighted by molar-refractivity contribution is 6.31. The van der Waals surface area contributed by atoms with Gasteiger partial charge in [0.05, 0.1) is 17.3 Å². The summed E-state index contributed by atoms with van der Waals surface area (Å²) < 4.78 is 13.8. The minimum Gasteiger partial charge on any atom is -0.380 e. The van der Waals surface area contributed by atoms with Crippen molar-refractivity contribution in [1.82, 2.24) is 0 Å². The molecule has 3 rings (SSSR count). The number of nitriles is 1. The Labute approximate surface area is 128 Å². The van der Waals surface area contributed by atoms with Crippen LogP contribution >= 0.6 is 11.6 Å². The number of hydrogen-bond acceptors (Lipinski definition) is 2. The van der Waals surface area contributed by atoms with Crippen LogP contribution < -0.4 is 5.32 Å². The molecule has 0 aromatic heterocycles. The van der Waals surface area contributed by atoms with E-state index in [0.29, 0.717) is 17.2 Å². The highest BCUT2D eigenvalue weighted by atomic mass is 35.5. The summed E-state index contributed by atoms with van der Waals surface area (Å²) in [7, 11) is 0. The SMILES string of the molecule is N#Cc1ccc(NC2CC(c3ccccc3Cl)C2)c(F)c1. The van der Waals surface area contributed by atoms with E-state index < -0.39 is 0 Å². The average Bonchev–Trinajstić information content (AvgIpc) is 2.45. The molecular formula is C17H14ClFN2. The molecule has 21 heavy (non-hydrogen) atoms. The third-order valence-electron chi connectivity index (χ3n) is 3.94. The molecule has 2 aromatic carbocycles. The van der Waals surface area contributed by atoms with Crippen molar-refractivity contribution in [3.63, 3.8) is 0 Å². The molecule has 0 heterocycles. The predicted octanol–water partition coefficient (Wildman–Crippen LogP) is 4.71. The maximum atomic E-state index is 13.8. The van der Waals surface area contributed by atoms with Gasteiger partial charge in [-0.25, -0.2) is 4.39 Å². The lowest BCUT2D eigenvalue weighted by Crippen LogP contribution is -2.34. The Kier molecular flexibility index (Phi) is 3.81. The predicted molar refractivity (Wildman–Crippen MR) is 82.0 cm³/mol. The fourth-order valence-electron chi connectivity index (χ4n) is 2.72. The number of benzene rings is 2. The maximum absolute atomic E-state index is 13.8. The number of hydrogen-bond donors (Lipinski definition) is 1. The minimum absolute atomic E-state index is 0.244. The van der Waals surface area contributed by atoms with E-state index in [1.165, 1.54) is 6.07 Å². The smallest absolute Gasteiger partial charge is 0.147 e. The lowest BCUT2D eigenvalue weighted by molar-refractivity contribution is 0.373. The summed E-state index contributed by atoms with van der Waals surface area (Å²) in [5.41, 5.74) is 1.95. The Morgan fingerprint density at radius 2 is 1.95 bits per heavy atom. The normalized spacial score (nSPS) is 20.4. The molecule has 0 saturated heterocycles. The molecule has 0 aliphatic heterocycles. The zero-order valence-electron chi connectivity index (χ0n) is 11.3. The molecule has 1 aliphatic rings. The van der Waals surface area contributed by atoms with Crippen molar-refractivity contribution >= 4 is 17.3 Å². The first-order chi connectivity index (χ1) is 10.2. The summed E-state index contributed by atoms with van der Waals surface area (Å²) in [5, 5.41) is 12.7. The number of halogens is 2. The Hall–Kier alpha value is -2.05. The molecule has 0 unspecified atom stereocenters. The Morgan fingerprint density at radius 1 is 1.19 bits per heavy atom. The van der Waals surface area contributed by atoms with Crippen LogP contribution in [0.5, 0.6) is 0 Å². The van der Waals surface area contributed by atoms with Gasteiger partial charge in [-0.15, -0.1) is 0 Å². The van der Waals surface area contributed by atoms with Crippen LogP contribution in [0.3, 0.4) is 0 Å². The Morgan fingerprint density at radius 3 is 2.62 bits per heavy atom. The zero-order valence-corrected chi connectivity index (χ0v) is 12.1. The van der Waals surface area contributed by atoms with Gasteiger partial charge in [0.25, 0.3) is 0 Å². The first-order valence-corrected chi connectivity index (χ1v) is 7.26. The van der Waals surface area contributed by atoms with Crippen LogP contribution in [0, 0.1) is 17.1 Å². The van der Waals surface area contributed by atoms with Crippen molar-refractivity contribution in [2.45, 2.75) is 24.8 Å². The fraction of sp³-hybridized carbons (Fsp3) is 0.235. The molecule has 0 amide bonds. The Balaban J connectivity index is 1.63. The quantitative estimate of drug-likeness (QED) is 0.891. The molecule has 4 heteroatoms. The van der Waals surface area contributed by atoms with Crippen LogP contribution in [-0.4, -0.2) is 6.04 Å². The standard InChI is InChI=1S/C17H14ClFN2/c18-15-4-2-1-3-14(15)12-8-13(9-12)21-17-6-5-11(10-20)7-16(17)19/h1-7,12-13,21H,8-9H2. The van der Waals surface area contributed by atoms with Gasteiger partial charge in [-0.05, 0) is 48.6 Å². The molecule has 2 nitrogen and oxygen atoms in total. The molecule has 1 aliphatic carbocycles. The summed E-state index contributed by atoms with van der Waals surface area (Å²) in [5.74, 6) is 0.0490. The lowest BCUT2D eigenvalue weighted by Gasteiger charge is -2.37. The lowest BCUT2D eigenvalue weighted by atomic mass is 9.76. The fourth-order valence-corrected chi connectivity index (χ4v) is 3.01. The van der Waals surface area contributed by atoms with E-state index in [4.69, 9.17) is 16.9 Å². The third kappa shape index (κ3) is 2.86. The van der Waals surface area contributed by atoms with Gasteiger partial charge in [0, 0.05) is 11.1 Å². The van der Waals surface area contributed by atoms with Crippen LogP contribution in [0.4, 0.5) is 10.1 Å². The largest absolute Gasteiger partial charge is 0.380 e. The molecule has 0 radical (unpaired) electrons. The van der Waals surface area contributed by atoms with Gasteiger partial charge >= 0.3 is 0 Å². The highest BCUT2D eigenvalue weighted by Gasteiger charge is 2.31. The molecule has 0 bridgehead atoms. The van der Waals surface area contributed by atoms with Crippen LogP contribution in [0.1, 0.15) is 29.9 Å². The number of rotatable bonds is 3. The maximum Gasteiger partial charge on any atom is 0.147 e. The molecule has 1 N–H and O–H groups in total. The highest BCUT2D eigenvalue weighted by Crippen LogP contribution is 2.41. The van der Waals surface area contributed by atoms with Crippen LogP contribution in [-0.2, 0) is 0 Å². The number of nitrogens with zero attached hydrogens (tertiary/aromatic N) is 1. The van der Waals surface area contributed by atoms with Crippen molar-refractivity contribution in [3.8, 4) is 6.07 Å². The van der Waals surface area contributed by atoms with Crippen molar-refractivity contribution in [3.05, 3.63) is 64.4 Å². The molecule has 0 atom stereocenters. The van der Waals surface area contributed by atoms with Crippen molar-refractivity contribution in [2.75, 3.05) is 5.32 Å². The summed E-state index contributed by atoms with van der Waals surface area (Å²) in [6, 6.07) is 14.5. The van der Waals surface area contributed by atoms with E-state index in [0.717, 1.165) is 23.4 Å². The van der Waals surface area contributed by atoms with E-state index in [-0.39, 0.29) is 11.9 Å². The van der Waals surface area contributed by atoms with Gasteiger partial charge in [0.2, 0.25) is 0 Å². The number of nitrogens with one attached hydrogen (secondary N) is 1. The second-order valence-corrected chi connectivity index (χ2v) is 5.74. The van der Waals surface area contributed by atoms with Crippen molar-refractivity contribution in [2.24, 2.45) is 0 Å². The molecule has 2 aromatic rings. The summed E-state index contributed by atoms with van der Waals surface area (Å²) in [6.45, 7) is 0. The van der Waals surface area contributed by atoms with Crippen molar-refractivity contribution in [1.29, 1.82) is 5.26 Å². The van der Waals surface area contributed by atoms with E-state index in [2.05, 4.69) is 5.32 Å². The zero-order chi connectivity index (χ0) is 14.8. The molecular weight excluding hydrogens is 287 g/mol. The first-order valence-electron chi connectivity index (χ1n) is 6.88. The summed E-state index contributed by atoms with van der Waals surface area (Å²) in [6.07, 6.45) is 1.87. The molecule has 1 saturated carbocycles. The second-order valence-electron chi connectivity index (χ2n) is 5.34. The number of anilines is 1. The molecule has 1 fully saturated rings. The third-order valence-corrected chi connectivity index (χ3v) is 4.29. The van der Waals surface area contributed by atoms with E-state index >= 15 is 0 Å². The van der Waals surface area contributed by atoms with Gasteiger partial charge in [-0.3, -0.25) is 0 Å². The van der Waals surface area contributed by atoms with Gasteiger partial charge in [-0.1, -0.05) is 29.8 Å². The van der Waals surface area contributed by atoms with E-state index in [1.54, 1.807) is 12.1 Å². The molecule has 0 spiro atoms. The van der Waals surface area contributed by atoms with Gasteiger partial charge in [-0.2, -0.15) is 5.26 Å². The van der Waals surface area contributed by atoms with Crippen LogP contribution in [0.2, 0.25) is 5.02 Å².